The van der Waals surface area contributed by atoms with E-state index in [1.165, 1.54) is 5.57 Å². The summed E-state index contributed by atoms with van der Waals surface area (Å²) in [6, 6.07) is 0. The largest absolute Gasteiger partial charge is 0.372 e. The van der Waals surface area contributed by atoms with Gasteiger partial charge in [0.15, 0.2) is 0 Å². The van der Waals surface area contributed by atoms with Crippen LogP contribution in [0.1, 0.15) is 13.8 Å². The number of allylic oxidation sites excluding steroid dienone is 1. The van der Waals surface area contributed by atoms with E-state index in [2.05, 4.69) is 10.3 Å². The molecule has 0 atom stereocenters. The molecule has 0 aromatic heterocycles. The normalized spacial score (nSPS) is 18.8. The summed E-state index contributed by atoms with van der Waals surface area (Å²) in [5.41, 5.74) is 2.38. The minimum absolute atomic E-state index is 0.739. The van der Waals surface area contributed by atoms with Crippen molar-refractivity contribution in [3.63, 3.8) is 0 Å². The summed E-state index contributed by atoms with van der Waals surface area (Å²) in [5.74, 6) is 0. The lowest BCUT2D eigenvalue weighted by Gasteiger charge is -2.07. The van der Waals surface area contributed by atoms with Gasteiger partial charge < -0.3 is 5.32 Å². The van der Waals surface area contributed by atoms with Gasteiger partial charge in [-0.1, -0.05) is 0 Å². The van der Waals surface area contributed by atoms with E-state index in [1.54, 1.807) is 0 Å². The van der Waals surface area contributed by atoms with Gasteiger partial charge in [0, 0.05) is 11.9 Å². The molecule has 1 heterocycles. The van der Waals surface area contributed by atoms with Crippen LogP contribution in [0.15, 0.2) is 16.8 Å². The molecule has 44 valence electrons. The highest BCUT2D eigenvalue weighted by molar-refractivity contribution is 5.97. The maximum atomic E-state index is 4.15. The molecule has 0 saturated heterocycles. The fraction of sp³-hybridized carbons (Fsp3) is 0.500. The molecular formula is C6H10N2. The van der Waals surface area contributed by atoms with Crippen molar-refractivity contribution < 1.29 is 0 Å². The van der Waals surface area contributed by atoms with Crippen molar-refractivity contribution in [2.75, 3.05) is 6.67 Å². The third-order valence-corrected chi connectivity index (χ3v) is 1.30. The van der Waals surface area contributed by atoms with Crippen LogP contribution in [0.5, 0.6) is 0 Å². The van der Waals surface area contributed by atoms with Crippen LogP contribution in [0.2, 0.25) is 0 Å². The molecular weight excluding hydrogens is 100 g/mol. The van der Waals surface area contributed by atoms with Crippen molar-refractivity contribution in [2.45, 2.75) is 13.8 Å². The average molecular weight is 110 g/mol. The minimum atomic E-state index is 0.739. The molecule has 0 amide bonds. The molecule has 0 saturated carbocycles. The summed E-state index contributed by atoms with van der Waals surface area (Å²) in [6.45, 7) is 4.81. The van der Waals surface area contributed by atoms with Crippen molar-refractivity contribution >= 4 is 5.71 Å². The zero-order valence-electron chi connectivity index (χ0n) is 5.23. The molecule has 2 heteroatoms. The van der Waals surface area contributed by atoms with Gasteiger partial charge in [0.2, 0.25) is 0 Å². The summed E-state index contributed by atoms with van der Waals surface area (Å²) in [4.78, 5) is 4.15. The van der Waals surface area contributed by atoms with E-state index in [-0.39, 0.29) is 0 Å². The number of nitrogens with zero attached hydrogens (tertiary/aromatic N) is 1. The van der Waals surface area contributed by atoms with E-state index >= 15 is 0 Å². The van der Waals surface area contributed by atoms with E-state index < -0.39 is 0 Å². The summed E-state index contributed by atoms with van der Waals surface area (Å²) in [7, 11) is 0. The standard InChI is InChI=1S/C6H10N2/c1-5-3-7-4-8-6(5)2/h3,7H,4H2,1-2H3. The van der Waals surface area contributed by atoms with Gasteiger partial charge in [0.1, 0.15) is 6.67 Å². The van der Waals surface area contributed by atoms with Gasteiger partial charge in [-0.15, -0.1) is 0 Å². The monoisotopic (exact) mass is 110 g/mol. The molecule has 0 fully saturated rings. The second kappa shape index (κ2) is 1.99. The summed E-state index contributed by atoms with van der Waals surface area (Å²) >= 11 is 0. The first-order chi connectivity index (χ1) is 3.80. The van der Waals surface area contributed by atoms with E-state index in [9.17, 15) is 0 Å². The minimum Gasteiger partial charge on any atom is -0.372 e. The van der Waals surface area contributed by atoms with Gasteiger partial charge in [0.25, 0.3) is 0 Å². The molecule has 0 aromatic rings. The highest BCUT2D eigenvalue weighted by atomic mass is 15.0. The molecule has 2 nitrogen and oxygen atoms in total. The first-order valence-electron chi connectivity index (χ1n) is 2.72. The maximum absolute atomic E-state index is 4.15. The van der Waals surface area contributed by atoms with Gasteiger partial charge in [-0.05, 0) is 19.4 Å². The van der Waals surface area contributed by atoms with Crippen LogP contribution in [0.3, 0.4) is 0 Å². The van der Waals surface area contributed by atoms with Gasteiger partial charge in [0.05, 0.1) is 0 Å². The predicted molar refractivity (Wildman–Crippen MR) is 34.9 cm³/mol. The smallest absolute Gasteiger partial charge is 0.107 e. The Bertz CT molecular complexity index is 127. The molecule has 1 rings (SSSR count). The Morgan fingerprint density at radius 2 is 2.38 bits per heavy atom. The summed E-state index contributed by atoms with van der Waals surface area (Å²) in [5, 5.41) is 3.02. The Balaban J connectivity index is 2.73. The van der Waals surface area contributed by atoms with E-state index in [0.29, 0.717) is 0 Å². The van der Waals surface area contributed by atoms with Crippen molar-refractivity contribution in [1.82, 2.24) is 5.32 Å². The molecule has 1 aliphatic rings. The highest BCUT2D eigenvalue weighted by Gasteiger charge is 1.96. The van der Waals surface area contributed by atoms with E-state index in [1.807, 2.05) is 20.0 Å². The van der Waals surface area contributed by atoms with Crippen LogP contribution in [-0.4, -0.2) is 12.4 Å². The van der Waals surface area contributed by atoms with Crippen LogP contribution in [0, 0.1) is 0 Å². The summed E-state index contributed by atoms with van der Waals surface area (Å²) in [6.07, 6.45) is 1.99. The van der Waals surface area contributed by atoms with Crippen molar-refractivity contribution in [2.24, 2.45) is 4.99 Å². The molecule has 1 aliphatic heterocycles. The molecule has 1 N–H and O–H groups in total. The number of rotatable bonds is 0. The van der Waals surface area contributed by atoms with Crippen molar-refractivity contribution in [3.05, 3.63) is 11.8 Å². The van der Waals surface area contributed by atoms with Gasteiger partial charge in [-0.2, -0.15) is 0 Å². The molecule has 0 spiro atoms. The Kier molecular flexibility index (Phi) is 1.33. The molecule has 0 bridgehead atoms. The molecule has 0 unspecified atom stereocenters. The van der Waals surface area contributed by atoms with Crippen LogP contribution >= 0.6 is 0 Å². The lowest BCUT2D eigenvalue weighted by molar-refractivity contribution is 0.861. The zero-order valence-corrected chi connectivity index (χ0v) is 5.23. The molecule has 0 radical (unpaired) electrons. The second-order valence-electron chi connectivity index (χ2n) is 1.93. The fourth-order valence-corrected chi connectivity index (χ4v) is 0.592. The van der Waals surface area contributed by atoms with Gasteiger partial charge in [-0.25, -0.2) is 0 Å². The van der Waals surface area contributed by atoms with E-state index in [0.717, 1.165) is 12.4 Å². The third-order valence-electron chi connectivity index (χ3n) is 1.30. The van der Waals surface area contributed by atoms with Gasteiger partial charge >= 0.3 is 0 Å². The topological polar surface area (TPSA) is 24.4 Å². The fourth-order valence-electron chi connectivity index (χ4n) is 0.592. The Hall–Kier alpha value is -0.790. The quantitative estimate of drug-likeness (QED) is 0.492. The number of hydrogen-bond donors (Lipinski definition) is 1. The van der Waals surface area contributed by atoms with Crippen LogP contribution in [0.25, 0.3) is 0 Å². The van der Waals surface area contributed by atoms with Crippen molar-refractivity contribution in [1.29, 1.82) is 0 Å². The van der Waals surface area contributed by atoms with Gasteiger partial charge in [-0.3, -0.25) is 4.99 Å². The van der Waals surface area contributed by atoms with Crippen LogP contribution in [0.4, 0.5) is 0 Å². The third kappa shape index (κ3) is 0.886. The Morgan fingerprint density at radius 3 is 2.75 bits per heavy atom. The number of aliphatic imine (C=N–C) groups is 1. The SMILES string of the molecule is CC1=CNCN=C1C. The lowest BCUT2D eigenvalue weighted by Crippen LogP contribution is -2.14. The Labute approximate surface area is 49.3 Å². The number of nitrogens with one attached hydrogen (secondary N) is 1. The van der Waals surface area contributed by atoms with Crippen molar-refractivity contribution in [3.8, 4) is 0 Å². The molecule has 8 heavy (non-hydrogen) atoms. The maximum Gasteiger partial charge on any atom is 0.107 e. The van der Waals surface area contributed by atoms with E-state index in [4.69, 9.17) is 0 Å². The number of hydrogen-bond acceptors (Lipinski definition) is 2. The molecule has 0 aliphatic carbocycles. The Morgan fingerprint density at radius 1 is 1.62 bits per heavy atom. The zero-order chi connectivity index (χ0) is 5.98. The second-order valence-corrected chi connectivity index (χ2v) is 1.93. The first kappa shape index (κ1) is 5.35. The lowest BCUT2D eigenvalue weighted by atomic mass is 10.2. The van der Waals surface area contributed by atoms with Crippen LogP contribution in [-0.2, 0) is 0 Å². The summed E-state index contributed by atoms with van der Waals surface area (Å²) < 4.78 is 0. The molecule has 0 aromatic carbocycles. The first-order valence-corrected chi connectivity index (χ1v) is 2.72. The predicted octanol–water partition coefficient (Wildman–Crippen LogP) is 0.912. The highest BCUT2D eigenvalue weighted by Crippen LogP contribution is 1.97. The average Bonchev–Trinajstić information content (AvgIpc) is 1.77. The van der Waals surface area contributed by atoms with Crippen LogP contribution < -0.4 is 5.32 Å².